The van der Waals surface area contributed by atoms with Crippen LogP contribution in [0, 0.1) is 0 Å². The van der Waals surface area contributed by atoms with E-state index in [1.165, 1.54) is 0 Å². The molecule has 0 atom stereocenters. The summed E-state index contributed by atoms with van der Waals surface area (Å²) in [5.41, 5.74) is 3.61. The number of fused-ring (bicyclic) bond motifs is 3. The topological polar surface area (TPSA) is 67.0 Å². The zero-order chi connectivity index (χ0) is 18.4. The average Bonchev–Trinajstić information content (AvgIpc) is 2.86. The van der Waals surface area contributed by atoms with E-state index in [1.54, 1.807) is 27.5 Å². The monoisotopic (exact) mass is 391 g/mol. The number of halogens is 2. The third-order valence-electron chi connectivity index (χ3n) is 4.79. The molecule has 3 heterocycles. The molecule has 0 bridgehead atoms. The van der Waals surface area contributed by atoms with Gasteiger partial charge < -0.3 is 5.32 Å². The van der Waals surface area contributed by atoms with Gasteiger partial charge in [0.05, 0.1) is 33.3 Å². The summed E-state index contributed by atoms with van der Waals surface area (Å²) in [7, 11) is 0. The van der Waals surface area contributed by atoms with E-state index in [0.717, 1.165) is 23.4 Å². The molecular weight excluding hydrogens is 375 g/mol. The zero-order valence-electron chi connectivity index (χ0n) is 14.2. The van der Waals surface area contributed by atoms with E-state index in [1.807, 2.05) is 6.92 Å². The number of carbonyl (C=O) groups is 2. The summed E-state index contributed by atoms with van der Waals surface area (Å²) in [5.74, 6) is -0.293. The van der Waals surface area contributed by atoms with Gasteiger partial charge in [0, 0.05) is 20.0 Å². The first kappa shape index (κ1) is 17.2. The molecule has 1 N–H and O–H groups in total. The number of hydrogen-bond acceptors (Lipinski definition) is 3. The highest BCUT2D eigenvalue weighted by Crippen LogP contribution is 2.26. The SMILES string of the molecule is CC1=[N+](C(=O)c2ccc(Cl)c(Cl)c2)Cc2c(nn3c2C(=O)NCCC3)C1. The van der Waals surface area contributed by atoms with Gasteiger partial charge in [0.2, 0.25) is 0 Å². The predicted molar refractivity (Wildman–Crippen MR) is 98.3 cm³/mol. The highest BCUT2D eigenvalue weighted by atomic mass is 35.5. The van der Waals surface area contributed by atoms with Crippen molar-refractivity contribution < 1.29 is 14.2 Å². The number of carbonyl (C=O) groups excluding carboxylic acids is 2. The Morgan fingerprint density at radius 1 is 1.31 bits per heavy atom. The van der Waals surface area contributed by atoms with Gasteiger partial charge in [-0.2, -0.15) is 9.67 Å². The summed E-state index contributed by atoms with van der Waals surface area (Å²) in [5, 5.41) is 8.24. The van der Waals surface area contributed by atoms with Crippen molar-refractivity contribution in [3.63, 3.8) is 0 Å². The lowest BCUT2D eigenvalue weighted by molar-refractivity contribution is -0.449. The molecule has 26 heavy (non-hydrogen) atoms. The molecule has 0 fully saturated rings. The number of amides is 2. The molecule has 2 amide bonds. The van der Waals surface area contributed by atoms with Crippen molar-refractivity contribution in [3.05, 3.63) is 50.8 Å². The Hall–Kier alpha value is -2.18. The number of nitrogens with one attached hydrogen (secondary N) is 1. The Morgan fingerprint density at radius 3 is 2.88 bits per heavy atom. The van der Waals surface area contributed by atoms with Crippen LogP contribution in [0.1, 0.15) is 45.4 Å². The highest BCUT2D eigenvalue weighted by Gasteiger charge is 2.36. The molecule has 8 heteroatoms. The second-order valence-corrected chi connectivity index (χ2v) is 7.35. The number of nitrogens with zero attached hydrogens (tertiary/aromatic N) is 3. The Labute approximate surface area is 160 Å². The van der Waals surface area contributed by atoms with E-state index >= 15 is 0 Å². The van der Waals surface area contributed by atoms with Crippen LogP contribution in [0.25, 0.3) is 0 Å². The second-order valence-electron chi connectivity index (χ2n) is 6.54. The third-order valence-corrected chi connectivity index (χ3v) is 5.53. The molecule has 1 aromatic heterocycles. The van der Waals surface area contributed by atoms with Crippen molar-refractivity contribution in [2.24, 2.45) is 0 Å². The summed E-state index contributed by atoms with van der Waals surface area (Å²) in [6.45, 7) is 3.56. The third kappa shape index (κ3) is 2.83. The number of rotatable bonds is 1. The molecule has 2 aliphatic heterocycles. The van der Waals surface area contributed by atoms with Gasteiger partial charge in [-0.15, -0.1) is 0 Å². The smallest absolute Gasteiger partial charge is 0.351 e. The maximum absolute atomic E-state index is 13.0. The Bertz CT molecular complexity index is 978. The predicted octanol–water partition coefficient (Wildman–Crippen LogP) is 2.69. The first-order valence-corrected chi connectivity index (χ1v) is 9.17. The molecule has 4 rings (SSSR count). The van der Waals surface area contributed by atoms with Crippen LogP contribution in [0.4, 0.5) is 0 Å². The highest BCUT2D eigenvalue weighted by molar-refractivity contribution is 6.42. The minimum absolute atomic E-state index is 0.127. The molecule has 0 unspecified atom stereocenters. The lowest BCUT2D eigenvalue weighted by Crippen LogP contribution is -2.33. The van der Waals surface area contributed by atoms with Gasteiger partial charge in [0.1, 0.15) is 5.69 Å². The average molecular weight is 392 g/mol. The second kappa shape index (κ2) is 6.52. The normalized spacial score (nSPS) is 16.7. The summed E-state index contributed by atoms with van der Waals surface area (Å²) in [4.78, 5) is 25.4. The van der Waals surface area contributed by atoms with Crippen LogP contribution in [0.5, 0.6) is 0 Å². The first-order chi connectivity index (χ1) is 12.5. The molecule has 2 aliphatic rings. The maximum atomic E-state index is 13.0. The van der Waals surface area contributed by atoms with E-state index in [2.05, 4.69) is 10.4 Å². The van der Waals surface area contributed by atoms with E-state index in [9.17, 15) is 9.59 Å². The summed E-state index contributed by atoms with van der Waals surface area (Å²) in [6.07, 6.45) is 1.38. The van der Waals surface area contributed by atoms with E-state index < -0.39 is 0 Å². The molecular formula is C18H17Cl2N4O2+. The number of aromatic nitrogens is 2. The van der Waals surface area contributed by atoms with Crippen molar-refractivity contribution in [1.82, 2.24) is 15.1 Å². The first-order valence-electron chi connectivity index (χ1n) is 8.42. The van der Waals surface area contributed by atoms with Gasteiger partial charge in [-0.1, -0.05) is 23.2 Å². The van der Waals surface area contributed by atoms with Crippen molar-refractivity contribution in [2.75, 3.05) is 6.54 Å². The molecule has 0 aliphatic carbocycles. The lowest BCUT2D eigenvalue weighted by atomic mass is 10.0. The fourth-order valence-electron chi connectivity index (χ4n) is 3.45. The van der Waals surface area contributed by atoms with Crippen LogP contribution in [0.3, 0.4) is 0 Å². The quantitative estimate of drug-likeness (QED) is 0.759. The molecule has 0 saturated carbocycles. The minimum atomic E-state index is -0.166. The van der Waals surface area contributed by atoms with Gasteiger partial charge >= 0.3 is 5.91 Å². The van der Waals surface area contributed by atoms with Crippen molar-refractivity contribution in [1.29, 1.82) is 0 Å². The molecule has 134 valence electrons. The molecule has 1 aromatic carbocycles. The fraction of sp³-hybridized carbons (Fsp3) is 0.333. The molecule has 0 saturated heterocycles. The van der Waals surface area contributed by atoms with Gasteiger partial charge in [-0.05, 0) is 24.6 Å². The maximum Gasteiger partial charge on any atom is 0.419 e. The van der Waals surface area contributed by atoms with E-state index in [0.29, 0.717) is 47.4 Å². The fourth-order valence-corrected chi connectivity index (χ4v) is 3.75. The van der Waals surface area contributed by atoms with Crippen molar-refractivity contribution in [2.45, 2.75) is 32.9 Å². The van der Waals surface area contributed by atoms with Gasteiger partial charge in [0.25, 0.3) is 5.91 Å². The standard InChI is InChI=1S/C18H16Cl2N4O2/c1-10-7-15-12(16-17(25)21-5-2-6-24(16)22-15)9-23(10)18(26)11-3-4-13(19)14(20)8-11/h3-4,8H,2,5-7,9H2,1H3/p+1. The molecule has 0 radical (unpaired) electrons. The molecule has 2 aromatic rings. The van der Waals surface area contributed by atoms with Crippen LogP contribution >= 0.6 is 23.2 Å². The zero-order valence-corrected chi connectivity index (χ0v) is 15.7. The van der Waals surface area contributed by atoms with Crippen molar-refractivity contribution >= 4 is 40.7 Å². The summed E-state index contributed by atoms with van der Waals surface area (Å²) in [6, 6.07) is 4.84. The van der Waals surface area contributed by atoms with Crippen LogP contribution in [-0.4, -0.2) is 38.4 Å². The van der Waals surface area contributed by atoms with E-state index in [-0.39, 0.29) is 11.8 Å². The Kier molecular flexibility index (Phi) is 4.32. The molecule has 0 spiro atoms. The van der Waals surface area contributed by atoms with Gasteiger partial charge in [0.15, 0.2) is 12.3 Å². The van der Waals surface area contributed by atoms with E-state index in [4.69, 9.17) is 23.2 Å². The molecule has 6 nitrogen and oxygen atoms in total. The van der Waals surface area contributed by atoms with Crippen LogP contribution in [0.15, 0.2) is 18.2 Å². The largest absolute Gasteiger partial charge is 0.419 e. The summed E-state index contributed by atoms with van der Waals surface area (Å²) < 4.78 is 3.45. The van der Waals surface area contributed by atoms with Gasteiger partial charge in [-0.3, -0.25) is 9.48 Å². The number of aryl methyl sites for hydroxylation is 1. The Morgan fingerprint density at radius 2 is 2.12 bits per heavy atom. The minimum Gasteiger partial charge on any atom is -0.351 e. The van der Waals surface area contributed by atoms with Crippen LogP contribution in [0.2, 0.25) is 10.0 Å². The lowest BCUT2D eigenvalue weighted by Gasteiger charge is -2.12. The van der Waals surface area contributed by atoms with Gasteiger partial charge in [-0.25, -0.2) is 4.79 Å². The van der Waals surface area contributed by atoms with Crippen LogP contribution < -0.4 is 5.32 Å². The number of benzene rings is 1. The summed E-state index contributed by atoms with van der Waals surface area (Å²) >= 11 is 12.0. The number of hydrogen-bond donors (Lipinski definition) is 1. The Balaban J connectivity index is 1.72. The van der Waals surface area contributed by atoms with Crippen LogP contribution in [-0.2, 0) is 19.5 Å². The van der Waals surface area contributed by atoms with Crippen molar-refractivity contribution in [3.8, 4) is 0 Å².